The maximum Gasteiger partial charge on any atom is 0.231 e. The monoisotopic (exact) mass is 284 g/mol. The SMILES string of the molecule is CC(CO)(CO)NC(=S)Nc1ccc2c(c1)OCO2. The van der Waals surface area contributed by atoms with Gasteiger partial charge in [0, 0.05) is 11.8 Å². The van der Waals surface area contributed by atoms with Gasteiger partial charge in [0.05, 0.1) is 18.8 Å². The normalized spacial score (nSPS) is 13.2. The molecule has 1 aliphatic rings. The molecule has 2 rings (SSSR count). The fourth-order valence-electron chi connectivity index (χ4n) is 1.54. The molecule has 1 aliphatic heterocycles. The highest BCUT2D eigenvalue weighted by molar-refractivity contribution is 7.80. The molecule has 0 aromatic heterocycles. The van der Waals surface area contributed by atoms with E-state index in [1.807, 2.05) is 0 Å². The summed E-state index contributed by atoms with van der Waals surface area (Å²) in [6.07, 6.45) is 0. The van der Waals surface area contributed by atoms with Crippen molar-refractivity contribution in [3.05, 3.63) is 18.2 Å². The molecule has 1 aromatic rings. The van der Waals surface area contributed by atoms with Crippen LogP contribution in [0.5, 0.6) is 11.5 Å². The Bertz CT molecular complexity index is 477. The van der Waals surface area contributed by atoms with Gasteiger partial charge in [-0.1, -0.05) is 0 Å². The van der Waals surface area contributed by atoms with Gasteiger partial charge in [-0.2, -0.15) is 0 Å². The van der Waals surface area contributed by atoms with E-state index in [1.165, 1.54) is 0 Å². The number of nitrogens with one attached hydrogen (secondary N) is 2. The van der Waals surface area contributed by atoms with E-state index in [0.717, 1.165) is 5.69 Å². The van der Waals surface area contributed by atoms with Crippen molar-refractivity contribution in [2.75, 3.05) is 25.3 Å². The number of anilines is 1. The Labute approximate surface area is 116 Å². The predicted molar refractivity (Wildman–Crippen MR) is 74.5 cm³/mol. The molecule has 104 valence electrons. The Morgan fingerprint density at radius 1 is 1.32 bits per heavy atom. The number of rotatable bonds is 4. The molecule has 1 aromatic carbocycles. The third-order valence-corrected chi connectivity index (χ3v) is 2.95. The van der Waals surface area contributed by atoms with E-state index in [4.69, 9.17) is 21.7 Å². The minimum absolute atomic E-state index is 0.217. The first-order valence-electron chi connectivity index (χ1n) is 5.77. The van der Waals surface area contributed by atoms with Crippen molar-refractivity contribution < 1.29 is 19.7 Å². The van der Waals surface area contributed by atoms with Crippen molar-refractivity contribution in [1.29, 1.82) is 0 Å². The molecule has 0 fully saturated rings. The lowest BCUT2D eigenvalue weighted by Gasteiger charge is -2.27. The fraction of sp³-hybridized carbons (Fsp3) is 0.417. The molecule has 6 nitrogen and oxygen atoms in total. The predicted octanol–water partition coefficient (Wildman–Crippen LogP) is 0.445. The van der Waals surface area contributed by atoms with Gasteiger partial charge in [-0.3, -0.25) is 0 Å². The molecule has 0 saturated carbocycles. The van der Waals surface area contributed by atoms with Crippen molar-refractivity contribution in [2.45, 2.75) is 12.5 Å². The van der Waals surface area contributed by atoms with Crippen LogP contribution in [-0.2, 0) is 0 Å². The van der Waals surface area contributed by atoms with Crippen molar-refractivity contribution in [3.8, 4) is 11.5 Å². The number of aliphatic hydroxyl groups excluding tert-OH is 2. The first-order chi connectivity index (χ1) is 9.06. The van der Waals surface area contributed by atoms with Gasteiger partial charge in [-0.05, 0) is 31.3 Å². The Kier molecular flexibility index (Phi) is 4.08. The number of benzene rings is 1. The van der Waals surface area contributed by atoms with E-state index in [9.17, 15) is 10.2 Å². The smallest absolute Gasteiger partial charge is 0.231 e. The molecule has 0 unspecified atom stereocenters. The number of hydrogen-bond donors (Lipinski definition) is 4. The van der Waals surface area contributed by atoms with Crippen LogP contribution in [0.25, 0.3) is 0 Å². The second-order valence-electron chi connectivity index (χ2n) is 4.52. The molecule has 19 heavy (non-hydrogen) atoms. The lowest BCUT2D eigenvalue weighted by molar-refractivity contribution is 0.120. The Morgan fingerprint density at radius 3 is 2.68 bits per heavy atom. The second-order valence-corrected chi connectivity index (χ2v) is 4.93. The lowest BCUT2D eigenvalue weighted by Crippen LogP contribution is -2.53. The number of thiocarbonyl (C=S) groups is 1. The van der Waals surface area contributed by atoms with Crippen LogP contribution in [0.3, 0.4) is 0 Å². The first-order valence-corrected chi connectivity index (χ1v) is 6.18. The highest BCUT2D eigenvalue weighted by Crippen LogP contribution is 2.34. The second kappa shape index (κ2) is 5.60. The summed E-state index contributed by atoms with van der Waals surface area (Å²) in [7, 11) is 0. The fourth-order valence-corrected chi connectivity index (χ4v) is 1.90. The molecular weight excluding hydrogens is 268 g/mol. The highest BCUT2D eigenvalue weighted by Gasteiger charge is 2.23. The average molecular weight is 284 g/mol. The van der Waals surface area contributed by atoms with Gasteiger partial charge in [0.2, 0.25) is 6.79 Å². The summed E-state index contributed by atoms with van der Waals surface area (Å²) < 4.78 is 10.5. The number of hydrogen-bond acceptors (Lipinski definition) is 5. The first kappa shape index (κ1) is 13.9. The van der Waals surface area contributed by atoms with Crippen molar-refractivity contribution in [2.24, 2.45) is 0 Å². The van der Waals surface area contributed by atoms with Crippen LogP contribution in [0.15, 0.2) is 18.2 Å². The minimum Gasteiger partial charge on any atom is -0.454 e. The summed E-state index contributed by atoms with van der Waals surface area (Å²) >= 11 is 5.13. The number of ether oxygens (including phenoxy) is 2. The topological polar surface area (TPSA) is 83.0 Å². The zero-order chi connectivity index (χ0) is 13.9. The summed E-state index contributed by atoms with van der Waals surface area (Å²) in [5, 5.41) is 24.5. The van der Waals surface area contributed by atoms with Gasteiger partial charge in [0.1, 0.15) is 0 Å². The third kappa shape index (κ3) is 3.25. The van der Waals surface area contributed by atoms with Gasteiger partial charge < -0.3 is 30.3 Å². The molecule has 0 spiro atoms. The molecular formula is C12H16N2O4S. The summed E-state index contributed by atoms with van der Waals surface area (Å²) in [6.45, 7) is 1.42. The van der Waals surface area contributed by atoms with Crippen LogP contribution >= 0.6 is 12.2 Å². The van der Waals surface area contributed by atoms with E-state index < -0.39 is 5.54 Å². The molecule has 0 atom stereocenters. The standard InChI is InChI=1S/C12H16N2O4S/c1-12(5-15,6-16)14-11(19)13-8-2-3-9-10(4-8)18-7-17-9/h2-4,15-16H,5-7H2,1H3,(H2,13,14,19). The van der Waals surface area contributed by atoms with Gasteiger partial charge in [0.15, 0.2) is 16.6 Å². The summed E-state index contributed by atoms with van der Waals surface area (Å²) in [6, 6.07) is 5.35. The Balaban J connectivity index is 1.99. The maximum atomic E-state index is 9.18. The molecule has 4 N–H and O–H groups in total. The third-order valence-electron chi connectivity index (χ3n) is 2.74. The molecule has 1 heterocycles. The van der Waals surface area contributed by atoms with Crippen molar-refractivity contribution in [3.63, 3.8) is 0 Å². The minimum atomic E-state index is -0.861. The van der Waals surface area contributed by atoms with E-state index in [0.29, 0.717) is 16.6 Å². The summed E-state index contributed by atoms with van der Waals surface area (Å²) in [5.41, 5.74) is -0.125. The van der Waals surface area contributed by atoms with E-state index in [-0.39, 0.29) is 20.0 Å². The van der Waals surface area contributed by atoms with Crippen molar-refractivity contribution >= 4 is 23.0 Å². The lowest BCUT2D eigenvalue weighted by atomic mass is 10.1. The number of fused-ring (bicyclic) bond motifs is 1. The Hall–Kier alpha value is -1.57. The van der Waals surface area contributed by atoms with Gasteiger partial charge in [-0.25, -0.2) is 0 Å². The van der Waals surface area contributed by atoms with Gasteiger partial charge >= 0.3 is 0 Å². The molecule has 7 heteroatoms. The van der Waals surface area contributed by atoms with Crippen LogP contribution in [0.4, 0.5) is 5.69 Å². The van der Waals surface area contributed by atoms with Crippen LogP contribution in [-0.4, -0.2) is 40.9 Å². The van der Waals surface area contributed by atoms with Gasteiger partial charge in [0.25, 0.3) is 0 Å². The van der Waals surface area contributed by atoms with Crippen LogP contribution in [0, 0.1) is 0 Å². The van der Waals surface area contributed by atoms with Crippen molar-refractivity contribution in [1.82, 2.24) is 5.32 Å². The summed E-state index contributed by atoms with van der Waals surface area (Å²) in [5.74, 6) is 1.35. The molecule has 0 saturated heterocycles. The maximum absolute atomic E-state index is 9.18. The van der Waals surface area contributed by atoms with E-state index in [1.54, 1.807) is 25.1 Å². The highest BCUT2D eigenvalue weighted by atomic mass is 32.1. The average Bonchev–Trinajstić information content (AvgIpc) is 2.85. The van der Waals surface area contributed by atoms with Crippen LogP contribution in [0.1, 0.15) is 6.92 Å². The molecule has 0 radical (unpaired) electrons. The molecule has 0 amide bonds. The Morgan fingerprint density at radius 2 is 2.00 bits per heavy atom. The summed E-state index contributed by atoms with van der Waals surface area (Å²) in [4.78, 5) is 0. The van der Waals surface area contributed by atoms with Gasteiger partial charge in [-0.15, -0.1) is 0 Å². The number of aliphatic hydroxyl groups is 2. The zero-order valence-electron chi connectivity index (χ0n) is 10.5. The van der Waals surface area contributed by atoms with E-state index >= 15 is 0 Å². The largest absolute Gasteiger partial charge is 0.454 e. The zero-order valence-corrected chi connectivity index (χ0v) is 11.3. The quantitative estimate of drug-likeness (QED) is 0.597. The molecule has 0 aliphatic carbocycles. The van der Waals surface area contributed by atoms with Crippen LogP contribution in [0.2, 0.25) is 0 Å². The van der Waals surface area contributed by atoms with Crippen LogP contribution < -0.4 is 20.1 Å². The molecule has 0 bridgehead atoms. The van der Waals surface area contributed by atoms with E-state index in [2.05, 4.69) is 10.6 Å².